The van der Waals surface area contributed by atoms with Crippen LogP contribution in [0.1, 0.15) is 33.6 Å². The van der Waals surface area contributed by atoms with Crippen LogP contribution in [0.5, 0.6) is 0 Å². The molecule has 0 bridgehead atoms. The normalized spacial score (nSPS) is 25.7. The summed E-state index contributed by atoms with van der Waals surface area (Å²) < 4.78 is 11.5. The number of ether oxygens (including phenoxy) is 2. The monoisotopic (exact) mass is 211 g/mol. The molecule has 1 saturated heterocycles. The van der Waals surface area contributed by atoms with Gasteiger partial charge in [-0.3, -0.25) is 0 Å². The van der Waals surface area contributed by atoms with Crippen LogP contribution in [0.3, 0.4) is 0 Å². The lowest BCUT2D eigenvalue weighted by atomic mass is 9.61. The average Bonchev–Trinajstić information content (AvgIpc) is 2.47. The lowest BCUT2D eigenvalue weighted by Crippen LogP contribution is -2.55. The smallest absolute Gasteiger partial charge is 0.180 e. The van der Waals surface area contributed by atoms with Gasteiger partial charge >= 0.3 is 0 Å². The van der Waals surface area contributed by atoms with Crippen molar-refractivity contribution in [3.63, 3.8) is 0 Å². The van der Waals surface area contributed by atoms with Crippen molar-refractivity contribution in [3.8, 4) is 0 Å². The fourth-order valence-electron chi connectivity index (χ4n) is 2.33. The molecule has 0 aliphatic carbocycles. The molecule has 1 atom stereocenters. The highest BCUT2D eigenvalue weighted by Crippen LogP contribution is 2.29. The van der Waals surface area contributed by atoms with Crippen molar-refractivity contribution >= 4 is 15.7 Å². The molecule has 1 heterocycles. The first-order chi connectivity index (χ1) is 6.93. The fourth-order valence-corrected chi connectivity index (χ4v) is 2.33. The third-order valence-electron chi connectivity index (χ3n) is 3.12. The molecule has 0 amide bonds. The van der Waals surface area contributed by atoms with Crippen molar-refractivity contribution in [1.29, 1.82) is 0 Å². The second-order valence-corrected chi connectivity index (χ2v) is 5.00. The van der Waals surface area contributed by atoms with Crippen LogP contribution >= 0.6 is 0 Å². The molecule has 0 saturated carbocycles. The van der Waals surface area contributed by atoms with E-state index < -0.39 is 5.79 Å². The van der Waals surface area contributed by atoms with Crippen molar-refractivity contribution in [2.24, 2.45) is 0 Å². The highest BCUT2D eigenvalue weighted by Gasteiger charge is 2.42. The largest absolute Gasteiger partial charge is 0.349 e. The summed E-state index contributed by atoms with van der Waals surface area (Å²) in [6, 6.07) is 0.299. The van der Waals surface area contributed by atoms with Gasteiger partial charge in [0.25, 0.3) is 0 Å². The predicted molar refractivity (Wildman–Crippen MR) is 67.6 cm³/mol. The average molecular weight is 211 g/mol. The summed E-state index contributed by atoms with van der Waals surface area (Å²) >= 11 is 0. The zero-order valence-corrected chi connectivity index (χ0v) is 10.7. The number of hydrogen-bond donors (Lipinski definition) is 1. The lowest BCUT2D eigenvalue weighted by Gasteiger charge is -2.36. The van der Waals surface area contributed by atoms with E-state index in [0.717, 1.165) is 6.42 Å². The molecular formula is C10H23B2NO2. The van der Waals surface area contributed by atoms with Gasteiger partial charge in [0, 0.05) is 13.2 Å². The van der Waals surface area contributed by atoms with Crippen LogP contribution in [0.15, 0.2) is 0 Å². The summed E-state index contributed by atoms with van der Waals surface area (Å²) in [6.45, 7) is 7.44. The van der Waals surface area contributed by atoms with Crippen molar-refractivity contribution < 1.29 is 9.47 Å². The minimum Gasteiger partial charge on any atom is -0.349 e. The molecule has 1 aliphatic rings. The van der Waals surface area contributed by atoms with Gasteiger partial charge in [0.05, 0.1) is 6.04 Å². The highest BCUT2D eigenvalue weighted by atomic mass is 16.7. The van der Waals surface area contributed by atoms with Crippen molar-refractivity contribution in [2.45, 2.75) is 50.8 Å². The standard InChI is InChI=1S/C10H23B2NO2/c1-4-14-9(3,15-5-2)8-6-7-10(11,12)13-8/h8,13H,4-7,11-12H2,1-3H3. The molecule has 1 unspecified atom stereocenters. The van der Waals surface area contributed by atoms with Gasteiger partial charge in [-0.25, -0.2) is 0 Å². The Balaban J connectivity index is 2.64. The highest BCUT2D eigenvalue weighted by molar-refractivity contribution is 6.40. The Labute approximate surface area is 95.1 Å². The summed E-state index contributed by atoms with van der Waals surface area (Å²) in [5, 5.41) is 3.80. The summed E-state index contributed by atoms with van der Waals surface area (Å²) in [5.41, 5.74) is 0. The maximum atomic E-state index is 5.76. The summed E-state index contributed by atoms with van der Waals surface area (Å²) in [5.74, 6) is -0.475. The molecule has 1 N–H and O–H groups in total. The van der Waals surface area contributed by atoms with E-state index in [-0.39, 0.29) is 5.34 Å². The van der Waals surface area contributed by atoms with E-state index in [2.05, 4.69) is 21.0 Å². The van der Waals surface area contributed by atoms with Gasteiger partial charge in [0.1, 0.15) is 15.7 Å². The first-order valence-corrected chi connectivity index (χ1v) is 5.99. The van der Waals surface area contributed by atoms with E-state index in [9.17, 15) is 0 Å². The fraction of sp³-hybridized carbons (Fsp3) is 1.00. The first-order valence-electron chi connectivity index (χ1n) is 5.99. The van der Waals surface area contributed by atoms with E-state index in [1.807, 2.05) is 20.8 Å². The van der Waals surface area contributed by atoms with Gasteiger partial charge in [-0.1, -0.05) is 0 Å². The van der Waals surface area contributed by atoms with Crippen LogP contribution in [0.4, 0.5) is 0 Å². The van der Waals surface area contributed by atoms with Crippen molar-refractivity contribution in [1.82, 2.24) is 5.32 Å². The molecule has 86 valence electrons. The number of hydrogen-bond acceptors (Lipinski definition) is 3. The van der Waals surface area contributed by atoms with Crippen LogP contribution < -0.4 is 5.32 Å². The second kappa shape index (κ2) is 4.89. The molecule has 1 fully saturated rings. The quantitative estimate of drug-likeness (QED) is 0.488. The van der Waals surface area contributed by atoms with Crippen molar-refractivity contribution in [2.75, 3.05) is 13.2 Å². The van der Waals surface area contributed by atoms with Crippen LogP contribution in [0.25, 0.3) is 0 Å². The van der Waals surface area contributed by atoms with Crippen LogP contribution in [-0.2, 0) is 9.47 Å². The molecular weight excluding hydrogens is 188 g/mol. The third-order valence-corrected chi connectivity index (χ3v) is 3.12. The Morgan fingerprint density at radius 2 is 1.87 bits per heavy atom. The van der Waals surface area contributed by atoms with Crippen molar-refractivity contribution in [3.05, 3.63) is 0 Å². The minimum atomic E-state index is -0.475. The molecule has 15 heavy (non-hydrogen) atoms. The molecule has 0 spiro atoms. The van der Waals surface area contributed by atoms with Gasteiger partial charge in [-0.15, -0.1) is 0 Å². The zero-order valence-electron chi connectivity index (χ0n) is 10.7. The topological polar surface area (TPSA) is 30.5 Å². The SMILES string of the molecule is BC1(B)CCC(C(C)(OCC)OCC)N1. The lowest BCUT2D eigenvalue weighted by molar-refractivity contribution is -0.236. The van der Waals surface area contributed by atoms with Crippen LogP contribution in [0.2, 0.25) is 0 Å². The summed E-state index contributed by atoms with van der Waals surface area (Å²) in [6.07, 6.45) is 2.29. The van der Waals surface area contributed by atoms with Gasteiger partial charge in [-0.05, 0) is 39.0 Å². The Morgan fingerprint density at radius 3 is 2.20 bits per heavy atom. The van der Waals surface area contributed by atoms with Crippen LogP contribution in [-0.4, -0.2) is 46.1 Å². The molecule has 0 radical (unpaired) electrons. The number of rotatable bonds is 5. The Kier molecular flexibility index (Phi) is 4.27. The third kappa shape index (κ3) is 3.23. The van der Waals surface area contributed by atoms with Crippen LogP contribution in [0, 0.1) is 0 Å². The summed E-state index contributed by atoms with van der Waals surface area (Å²) in [7, 11) is 4.45. The maximum absolute atomic E-state index is 5.76. The molecule has 0 aromatic carbocycles. The maximum Gasteiger partial charge on any atom is 0.180 e. The van der Waals surface area contributed by atoms with Gasteiger partial charge < -0.3 is 14.8 Å². The summed E-state index contributed by atoms with van der Waals surface area (Å²) in [4.78, 5) is 0. The van der Waals surface area contributed by atoms with E-state index in [1.54, 1.807) is 0 Å². The predicted octanol–water partition coefficient (Wildman–Crippen LogP) is -0.552. The molecule has 1 rings (SSSR count). The van der Waals surface area contributed by atoms with E-state index in [4.69, 9.17) is 9.47 Å². The molecule has 0 aromatic rings. The molecule has 1 aliphatic heterocycles. The molecule has 3 nitrogen and oxygen atoms in total. The zero-order chi connectivity index (χ0) is 11.5. The second-order valence-electron chi connectivity index (χ2n) is 5.00. The first kappa shape index (κ1) is 13.1. The Hall–Kier alpha value is 0.00987. The van der Waals surface area contributed by atoms with E-state index in [0.29, 0.717) is 19.3 Å². The van der Waals surface area contributed by atoms with E-state index >= 15 is 0 Å². The van der Waals surface area contributed by atoms with Gasteiger partial charge in [0.2, 0.25) is 0 Å². The number of nitrogens with one attached hydrogen (secondary N) is 1. The molecule has 5 heteroatoms. The molecule has 0 aromatic heterocycles. The van der Waals surface area contributed by atoms with Gasteiger partial charge in [0.15, 0.2) is 5.79 Å². The van der Waals surface area contributed by atoms with E-state index in [1.165, 1.54) is 6.42 Å². The Morgan fingerprint density at radius 1 is 1.33 bits per heavy atom. The Bertz CT molecular complexity index is 206. The van der Waals surface area contributed by atoms with Gasteiger partial charge in [-0.2, -0.15) is 0 Å². The minimum absolute atomic E-state index is 0.208.